The molecule has 0 aromatic rings. The minimum Gasteiger partial charge on any atom is -0.353 e. The molecule has 0 N–H and O–H groups in total. The highest BCUT2D eigenvalue weighted by atomic mass is 16.8. The molecular weight excluding hydrogens is 857 g/mol. The fraction of sp³-hybridized carbons (Fsp3) is 0.935. The summed E-state index contributed by atoms with van der Waals surface area (Å²) in [5, 5.41) is 0. The molecule has 0 heterocycles. The molecular formula is C62H122O7. The molecule has 0 fully saturated rings. The molecule has 0 rings (SSSR count). The minimum atomic E-state index is -0.374. The van der Waals surface area contributed by atoms with Crippen molar-refractivity contribution in [2.45, 2.75) is 336 Å². The Bertz CT molecular complexity index is 894. The van der Waals surface area contributed by atoms with Gasteiger partial charge in [0.15, 0.2) is 25.2 Å². The van der Waals surface area contributed by atoms with Crippen LogP contribution in [-0.4, -0.2) is 64.8 Å². The van der Waals surface area contributed by atoms with E-state index >= 15 is 0 Å². The van der Waals surface area contributed by atoms with Crippen LogP contribution in [-0.2, 0) is 33.2 Å². The van der Waals surface area contributed by atoms with Crippen molar-refractivity contribution in [1.82, 2.24) is 0 Å². The van der Waals surface area contributed by atoms with Crippen molar-refractivity contribution >= 4 is 0 Å². The smallest absolute Gasteiger partial charge is 0.180 e. The van der Waals surface area contributed by atoms with Gasteiger partial charge >= 0.3 is 0 Å². The Kier molecular flexibility index (Phi) is 59.1. The summed E-state index contributed by atoms with van der Waals surface area (Å²) in [7, 11) is 0. The Labute approximate surface area is 431 Å². The standard InChI is InChI=1S/C62H122O7/c1-7-13-19-21-41-47-57-67-61(51-45-39-35-31-27-23-25-29-33-37-43-49-59(63-53-15-9-3)64-54-16-10-4)69-62(68-58-48-42-22-20-14-8-2)52-46-40-36-32-28-24-26-30-34-38-44-50-60(65-55-17-11-5)66-56-18-12-6/h45-46,51-52,59-62H,7-44,47-50,53-58H2,1-6H3. The molecule has 7 nitrogen and oxygen atoms in total. The molecule has 0 saturated heterocycles. The van der Waals surface area contributed by atoms with E-state index in [4.69, 9.17) is 33.2 Å². The van der Waals surface area contributed by atoms with Gasteiger partial charge in [-0.1, -0.05) is 233 Å². The van der Waals surface area contributed by atoms with E-state index in [1.165, 1.54) is 205 Å². The average molecular weight is 980 g/mol. The fourth-order valence-corrected chi connectivity index (χ4v) is 8.48. The van der Waals surface area contributed by atoms with Crippen LogP contribution >= 0.6 is 0 Å². The first kappa shape index (κ1) is 68.2. The van der Waals surface area contributed by atoms with Crippen molar-refractivity contribution in [3.05, 3.63) is 24.3 Å². The zero-order valence-electron chi connectivity index (χ0n) is 47.4. The summed E-state index contributed by atoms with van der Waals surface area (Å²) in [6.07, 6.45) is 60.1. The molecule has 0 radical (unpaired) electrons. The summed E-state index contributed by atoms with van der Waals surface area (Å²) in [4.78, 5) is 0. The number of ether oxygens (including phenoxy) is 7. The normalized spacial score (nSPS) is 13.1. The van der Waals surface area contributed by atoms with Crippen molar-refractivity contribution in [2.75, 3.05) is 39.6 Å². The van der Waals surface area contributed by atoms with E-state index < -0.39 is 0 Å². The van der Waals surface area contributed by atoms with Gasteiger partial charge in [-0.2, -0.15) is 0 Å². The van der Waals surface area contributed by atoms with Crippen molar-refractivity contribution in [3.63, 3.8) is 0 Å². The lowest BCUT2D eigenvalue weighted by molar-refractivity contribution is -0.208. The quantitative estimate of drug-likeness (QED) is 0.0342. The average Bonchev–Trinajstić information content (AvgIpc) is 3.35. The van der Waals surface area contributed by atoms with E-state index in [1.807, 2.05) is 0 Å². The van der Waals surface area contributed by atoms with Gasteiger partial charge in [0.1, 0.15) is 0 Å². The van der Waals surface area contributed by atoms with Crippen LogP contribution < -0.4 is 0 Å². The summed E-state index contributed by atoms with van der Waals surface area (Å²) in [5.41, 5.74) is 0. The zero-order chi connectivity index (χ0) is 50.0. The first-order chi connectivity index (χ1) is 34.1. The third kappa shape index (κ3) is 53.3. The molecule has 2 unspecified atom stereocenters. The molecule has 0 saturated carbocycles. The van der Waals surface area contributed by atoms with Crippen LogP contribution in [0.25, 0.3) is 0 Å². The lowest BCUT2D eigenvalue weighted by atomic mass is 10.1. The van der Waals surface area contributed by atoms with Crippen molar-refractivity contribution in [3.8, 4) is 0 Å². The first-order valence-electron chi connectivity index (χ1n) is 30.8. The molecule has 0 aliphatic carbocycles. The molecule has 0 aromatic heterocycles. The third-order valence-corrected chi connectivity index (χ3v) is 13.2. The van der Waals surface area contributed by atoms with Crippen LogP contribution in [0.15, 0.2) is 24.3 Å². The van der Waals surface area contributed by atoms with Gasteiger partial charge in [0.2, 0.25) is 0 Å². The second kappa shape index (κ2) is 59.8. The van der Waals surface area contributed by atoms with Crippen LogP contribution in [0, 0.1) is 0 Å². The maximum absolute atomic E-state index is 6.61. The number of rotatable bonds is 60. The molecule has 7 heteroatoms. The molecule has 0 bridgehead atoms. The number of allylic oxidation sites excluding steroid dienone is 2. The highest BCUT2D eigenvalue weighted by molar-refractivity contribution is 4.90. The van der Waals surface area contributed by atoms with Crippen LogP contribution in [0.5, 0.6) is 0 Å². The highest BCUT2D eigenvalue weighted by Crippen LogP contribution is 2.18. The van der Waals surface area contributed by atoms with Crippen molar-refractivity contribution < 1.29 is 33.2 Å². The van der Waals surface area contributed by atoms with Crippen LogP contribution in [0.4, 0.5) is 0 Å². The monoisotopic (exact) mass is 979 g/mol. The summed E-state index contributed by atoms with van der Waals surface area (Å²) < 4.78 is 43.6. The predicted octanol–water partition coefficient (Wildman–Crippen LogP) is 20.0. The summed E-state index contributed by atoms with van der Waals surface area (Å²) in [6.45, 7) is 18.2. The SMILES string of the molecule is CCCCCCCCOC(C=CCCCCCCCCCCCC(OCCCC)OCCCC)OC(C=CCCCCCCCCCCCC(OCCCC)OCCCC)OCCCCCCCC. The number of hydrogen-bond donors (Lipinski definition) is 0. The van der Waals surface area contributed by atoms with Gasteiger partial charge in [0.05, 0.1) is 13.2 Å². The van der Waals surface area contributed by atoms with Crippen LogP contribution in [0.3, 0.4) is 0 Å². The van der Waals surface area contributed by atoms with E-state index in [-0.39, 0.29) is 25.2 Å². The number of hydrogen-bond acceptors (Lipinski definition) is 7. The zero-order valence-corrected chi connectivity index (χ0v) is 47.4. The molecule has 0 aromatic carbocycles. The second-order valence-electron chi connectivity index (χ2n) is 20.3. The minimum absolute atomic E-state index is 0.00410. The van der Waals surface area contributed by atoms with Gasteiger partial charge < -0.3 is 33.2 Å². The van der Waals surface area contributed by atoms with Gasteiger partial charge in [-0.15, -0.1) is 0 Å². The summed E-state index contributed by atoms with van der Waals surface area (Å²) >= 11 is 0. The van der Waals surface area contributed by atoms with Crippen LogP contribution in [0.2, 0.25) is 0 Å². The van der Waals surface area contributed by atoms with Gasteiger partial charge in [0, 0.05) is 26.4 Å². The Morgan fingerprint density at radius 1 is 0.246 bits per heavy atom. The number of unbranched alkanes of at least 4 members (excludes halogenated alkanes) is 32. The maximum Gasteiger partial charge on any atom is 0.180 e. The summed E-state index contributed by atoms with van der Waals surface area (Å²) in [5.74, 6) is 0. The Hall–Kier alpha value is -0.800. The fourth-order valence-electron chi connectivity index (χ4n) is 8.48. The molecule has 0 aliphatic heterocycles. The highest BCUT2D eigenvalue weighted by Gasteiger charge is 2.14. The van der Waals surface area contributed by atoms with Gasteiger partial charge in [-0.3, -0.25) is 0 Å². The van der Waals surface area contributed by atoms with Crippen molar-refractivity contribution in [1.29, 1.82) is 0 Å². The van der Waals surface area contributed by atoms with Crippen LogP contribution in [0.1, 0.15) is 311 Å². The lowest BCUT2D eigenvalue weighted by Crippen LogP contribution is -2.25. The Morgan fingerprint density at radius 3 is 0.797 bits per heavy atom. The molecule has 0 aliphatic rings. The van der Waals surface area contributed by atoms with E-state index in [0.29, 0.717) is 0 Å². The Morgan fingerprint density at radius 2 is 0.493 bits per heavy atom. The largest absolute Gasteiger partial charge is 0.353 e. The first-order valence-corrected chi connectivity index (χ1v) is 30.8. The summed E-state index contributed by atoms with van der Waals surface area (Å²) in [6, 6.07) is 0. The molecule has 69 heavy (non-hydrogen) atoms. The van der Waals surface area contributed by atoms with Crippen molar-refractivity contribution in [2.24, 2.45) is 0 Å². The predicted molar refractivity (Wildman–Crippen MR) is 298 cm³/mol. The van der Waals surface area contributed by atoms with E-state index in [1.54, 1.807) is 0 Å². The molecule has 0 spiro atoms. The van der Waals surface area contributed by atoms with Gasteiger partial charge in [0.25, 0.3) is 0 Å². The molecule has 2 atom stereocenters. The maximum atomic E-state index is 6.61. The third-order valence-electron chi connectivity index (χ3n) is 13.2. The van der Waals surface area contributed by atoms with E-state index in [9.17, 15) is 0 Å². The van der Waals surface area contributed by atoms with Gasteiger partial charge in [-0.25, -0.2) is 0 Å². The second-order valence-corrected chi connectivity index (χ2v) is 20.3. The lowest BCUT2D eigenvalue weighted by Gasteiger charge is -2.22. The van der Waals surface area contributed by atoms with E-state index in [0.717, 1.165) is 104 Å². The molecule has 0 amide bonds. The topological polar surface area (TPSA) is 64.6 Å². The Balaban J connectivity index is 4.80. The molecule has 412 valence electrons. The van der Waals surface area contributed by atoms with E-state index in [2.05, 4.69) is 65.8 Å². The van der Waals surface area contributed by atoms with Gasteiger partial charge in [-0.05, 0) is 102 Å².